The highest BCUT2D eigenvalue weighted by molar-refractivity contribution is 7.14. The minimum absolute atomic E-state index is 0.758. The van der Waals surface area contributed by atoms with E-state index >= 15 is 0 Å². The predicted octanol–water partition coefficient (Wildman–Crippen LogP) is 3.17. The molecule has 1 aromatic carbocycles. The largest absolute Gasteiger partial charge is 0.496 e. The van der Waals surface area contributed by atoms with E-state index in [0.717, 1.165) is 39.9 Å². The van der Waals surface area contributed by atoms with Crippen LogP contribution in [-0.4, -0.2) is 24.4 Å². The molecule has 96 valence electrons. The van der Waals surface area contributed by atoms with E-state index in [1.807, 2.05) is 18.2 Å². The summed E-state index contributed by atoms with van der Waals surface area (Å²) in [6.07, 6.45) is 2.02. The molecule has 0 radical (unpaired) electrons. The monoisotopic (exact) mass is 264 g/mol. The van der Waals surface area contributed by atoms with Crippen LogP contribution >= 0.6 is 11.3 Å². The number of nitrogens with zero attached hydrogens (tertiary/aromatic N) is 2. The lowest BCUT2D eigenvalue weighted by Crippen LogP contribution is -1.92. The summed E-state index contributed by atoms with van der Waals surface area (Å²) in [5.74, 6) is 1.52. The van der Waals surface area contributed by atoms with Crippen LogP contribution in [-0.2, 0) is 6.42 Å². The van der Waals surface area contributed by atoms with Crippen molar-refractivity contribution in [3.63, 3.8) is 0 Å². The molecule has 0 N–H and O–H groups in total. The Balaban J connectivity index is 2.47. The van der Waals surface area contributed by atoms with Crippen molar-refractivity contribution in [1.82, 2.24) is 10.2 Å². The van der Waals surface area contributed by atoms with Gasteiger partial charge in [-0.25, -0.2) is 0 Å². The molecule has 18 heavy (non-hydrogen) atoms. The number of hydrogen-bond donors (Lipinski definition) is 0. The maximum Gasteiger partial charge on any atom is 0.155 e. The number of rotatable bonds is 5. The average Bonchev–Trinajstić information content (AvgIpc) is 2.86. The molecule has 1 aromatic heterocycles. The molecule has 0 aliphatic rings. The summed E-state index contributed by atoms with van der Waals surface area (Å²) < 4.78 is 10.7. The van der Waals surface area contributed by atoms with Crippen LogP contribution in [0.3, 0.4) is 0 Å². The predicted molar refractivity (Wildman–Crippen MR) is 72.4 cm³/mol. The number of aromatic nitrogens is 2. The van der Waals surface area contributed by atoms with Crippen LogP contribution < -0.4 is 9.47 Å². The second kappa shape index (κ2) is 5.82. The Morgan fingerprint density at radius 3 is 2.33 bits per heavy atom. The average molecular weight is 264 g/mol. The molecule has 5 heteroatoms. The molecule has 4 nitrogen and oxygen atoms in total. The van der Waals surface area contributed by atoms with E-state index in [1.165, 1.54) is 0 Å². The Bertz CT molecular complexity index is 503. The summed E-state index contributed by atoms with van der Waals surface area (Å²) in [5.41, 5.74) is 0.877. The van der Waals surface area contributed by atoms with Gasteiger partial charge in [-0.1, -0.05) is 24.3 Å². The minimum atomic E-state index is 0.758. The van der Waals surface area contributed by atoms with Gasteiger partial charge in [0.05, 0.1) is 19.8 Å². The zero-order valence-corrected chi connectivity index (χ0v) is 11.6. The van der Waals surface area contributed by atoms with Gasteiger partial charge in [-0.15, -0.1) is 10.2 Å². The number of ether oxygens (including phenoxy) is 2. The van der Waals surface area contributed by atoms with Crippen LogP contribution in [0.4, 0.5) is 0 Å². The van der Waals surface area contributed by atoms with E-state index in [2.05, 4.69) is 17.1 Å². The Kier molecular flexibility index (Phi) is 4.15. The van der Waals surface area contributed by atoms with Crippen molar-refractivity contribution in [2.24, 2.45) is 0 Å². The van der Waals surface area contributed by atoms with Crippen LogP contribution in [0.2, 0.25) is 0 Å². The van der Waals surface area contributed by atoms with Crippen LogP contribution in [0.25, 0.3) is 10.6 Å². The van der Waals surface area contributed by atoms with Crippen LogP contribution in [0, 0.1) is 0 Å². The lowest BCUT2D eigenvalue weighted by molar-refractivity contribution is 0.397. The van der Waals surface area contributed by atoms with Crippen LogP contribution in [0.1, 0.15) is 18.4 Å². The first-order valence-corrected chi connectivity index (χ1v) is 6.65. The third-order valence-electron chi connectivity index (χ3n) is 2.57. The van der Waals surface area contributed by atoms with Crippen molar-refractivity contribution >= 4 is 11.3 Å². The van der Waals surface area contributed by atoms with E-state index in [4.69, 9.17) is 9.47 Å². The van der Waals surface area contributed by atoms with Crippen molar-refractivity contribution in [2.45, 2.75) is 19.8 Å². The molecular weight excluding hydrogens is 248 g/mol. The van der Waals surface area contributed by atoms with Crippen molar-refractivity contribution < 1.29 is 9.47 Å². The molecule has 0 bridgehead atoms. The third kappa shape index (κ3) is 2.46. The smallest absolute Gasteiger partial charge is 0.155 e. The van der Waals surface area contributed by atoms with Gasteiger partial charge in [0.1, 0.15) is 16.5 Å². The maximum atomic E-state index is 5.37. The highest BCUT2D eigenvalue weighted by Gasteiger charge is 2.16. The zero-order valence-electron chi connectivity index (χ0n) is 10.8. The summed E-state index contributed by atoms with van der Waals surface area (Å²) in [6.45, 7) is 2.13. The molecule has 2 rings (SSSR count). The van der Waals surface area contributed by atoms with Crippen molar-refractivity contribution in [3.05, 3.63) is 23.2 Å². The molecule has 0 aliphatic carbocycles. The van der Waals surface area contributed by atoms with E-state index in [-0.39, 0.29) is 0 Å². The van der Waals surface area contributed by atoms with Gasteiger partial charge >= 0.3 is 0 Å². The van der Waals surface area contributed by atoms with Crippen molar-refractivity contribution in [2.75, 3.05) is 14.2 Å². The second-order valence-electron chi connectivity index (χ2n) is 3.79. The molecule has 0 saturated carbocycles. The first-order valence-electron chi connectivity index (χ1n) is 5.83. The van der Waals surface area contributed by atoms with Crippen molar-refractivity contribution in [1.29, 1.82) is 0 Å². The fraction of sp³-hybridized carbons (Fsp3) is 0.385. The highest BCUT2D eigenvalue weighted by atomic mass is 32.1. The zero-order chi connectivity index (χ0) is 13.0. The molecule has 0 amide bonds. The van der Waals surface area contributed by atoms with Gasteiger partial charge in [-0.05, 0) is 18.6 Å². The Hall–Kier alpha value is -1.62. The molecule has 2 aromatic rings. The second-order valence-corrected chi connectivity index (χ2v) is 4.85. The number of hydrogen-bond acceptors (Lipinski definition) is 5. The maximum absolute atomic E-state index is 5.37. The summed E-state index contributed by atoms with van der Waals surface area (Å²) in [5, 5.41) is 10.3. The summed E-state index contributed by atoms with van der Waals surface area (Å²) in [4.78, 5) is 0. The molecule has 0 saturated heterocycles. The van der Waals surface area contributed by atoms with Gasteiger partial charge in [0, 0.05) is 6.42 Å². The van der Waals surface area contributed by atoms with Gasteiger partial charge in [0.2, 0.25) is 0 Å². The Labute approximate surface area is 111 Å². The normalized spacial score (nSPS) is 10.4. The number of benzene rings is 1. The first kappa shape index (κ1) is 12.8. The Morgan fingerprint density at radius 2 is 1.78 bits per heavy atom. The van der Waals surface area contributed by atoms with Crippen LogP contribution in [0.5, 0.6) is 11.5 Å². The SMILES string of the molecule is CCCc1nnc(-c2c(OC)cccc2OC)s1. The molecule has 0 unspecified atom stereocenters. The quantitative estimate of drug-likeness (QED) is 0.832. The number of methoxy groups -OCH3 is 2. The summed E-state index contributed by atoms with van der Waals surface area (Å²) in [6, 6.07) is 5.70. The number of aryl methyl sites for hydroxylation is 1. The molecule has 0 spiro atoms. The van der Waals surface area contributed by atoms with Gasteiger partial charge in [0.15, 0.2) is 5.01 Å². The minimum Gasteiger partial charge on any atom is -0.496 e. The van der Waals surface area contributed by atoms with E-state index < -0.39 is 0 Å². The Morgan fingerprint density at radius 1 is 1.11 bits per heavy atom. The van der Waals surface area contributed by atoms with Gasteiger partial charge in [0.25, 0.3) is 0 Å². The van der Waals surface area contributed by atoms with Crippen LogP contribution in [0.15, 0.2) is 18.2 Å². The van der Waals surface area contributed by atoms with Crippen molar-refractivity contribution in [3.8, 4) is 22.1 Å². The molecule has 0 atom stereocenters. The molecule has 1 heterocycles. The van der Waals surface area contributed by atoms with Gasteiger partial charge in [-0.2, -0.15) is 0 Å². The molecular formula is C13H16N2O2S. The van der Waals surface area contributed by atoms with E-state index in [1.54, 1.807) is 25.6 Å². The van der Waals surface area contributed by atoms with Gasteiger partial charge in [-0.3, -0.25) is 0 Å². The fourth-order valence-electron chi connectivity index (χ4n) is 1.73. The highest BCUT2D eigenvalue weighted by Crippen LogP contribution is 2.39. The summed E-state index contributed by atoms with van der Waals surface area (Å²) in [7, 11) is 3.29. The first-order chi connectivity index (χ1) is 8.80. The standard InChI is InChI=1S/C13H16N2O2S/c1-4-6-11-14-15-13(18-11)12-9(16-2)7-5-8-10(12)17-3/h5,7-8H,4,6H2,1-3H3. The van der Waals surface area contributed by atoms with E-state index in [0.29, 0.717) is 0 Å². The summed E-state index contributed by atoms with van der Waals surface area (Å²) >= 11 is 1.59. The topological polar surface area (TPSA) is 44.2 Å². The molecule has 0 aliphatic heterocycles. The fourth-order valence-corrected chi connectivity index (χ4v) is 2.73. The molecule has 0 fully saturated rings. The lowest BCUT2D eigenvalue weighted by atomic mass is 10.2. The lowest BCUT2D eigenvalue weighted by Gasteiger charge is -2.09. The third-order valence-corrected chi connectivity index (χ3v) is 3.57. The van der Waals surface area contributed by atoms with Gasteiger partial charge < -0.3 is 9.47 Å². The van der Waals surface area contributed by atoms with E-state index in [9.17, 15) is 0 Å².